The number of fused-ring (bicyclic) bond motifs is 1. The van der Waals surface area contributed by atoms with Crippen LogP contribution in [0.1, 0.15) is 25.0 Å². The second-order valence-corrected chi connectivity index (χ2v) is 6.80. The summed E-state index contributed by atoms with van der Waals surface area (Å²) in [5.41, 5.74) is 8.39. The molecule has 0 saturated heterocycles. The zero-order valence-electron chi connectivity index (χ0n) is 10.7. The highest BCUT2D eigenvalue weighted by Gasteiger charge is 2.28. The minimum Gasteiger partial charge on any atom is -0.399 e. The molecule has 0 fully saturated rings. The summed E-state index contributed by atoms with van der Waals surface area (Å²) in [6.45, 7) is 5.22. The van der Waals surface area contributed by atoms with Crippen molar-refractivity contribution in [3.05, 3.63) is 29.3 Å². The minimum absolute atomic E-state index is 0.292. The third-order valence-electron chi connectivity index (χ3n) is 2.94. The van der Waals surface area contributed by atoms with E-state index < -0.39 is 10.2 Å². The van der Waals surface area contributed by atoms with Gasteiger partial charge in [0, 0.05) is 25.3 Å². The van der Waals surface area contributed by atoms with E-state index in [1.807, 2.05) is 26.0 Å². The number of benzene rings is 1. The lowest BCUT2D eigenvalue weighted by Crippen LogP contribution is -2.39. The maximum atomic E-state index is 12.1. The van der Waals surface area contributed by atoms with Gasteiger partial charge >= 0.3 is 0 Å². The molecule has 0 aliphatic carbocycles. The monoisotopic (exact) mass is 269 g/mol. The Kier molecular flexibility index (Phi) is 3.61. The fourth-order valence-corrected chi connectivity index (χ4v) is 3.26. The van der Waals surface area contributed by atoms with Crippen molar-refractivity contribution in [3.63, 3.8) is 0 Å². The summed E-state index contributed by atoms with van der Waals surface area (Å²) in [6, 6.07) is 5.53. The van der Waals surface area contributed by atoms with E-state index in [0.29, 0.717) is 31.2 Å². The lowest BCUT2D eigenvalue weighted by molar-refractivity contribution is 0.417. The highest BCUT2D eigenvalue weighted by molar-refractivity contribution is 7.87. The van der Waals surface area contributed by atoms with E-state index in [0.717, 1.165) is 11.1 Å². The van der Waals surface area contributed by atoms with Gasteiger partial charge in [-0.2, -0.15) is 12.7 Å². The van der Waals surface area contributed by atoms with Gasteiger partial charge in [0.15, 0.2) is 0 Å². The molecule has 2 rings (SSSR count). The molecule has 0 spiro atoms. The molecule has 100 valence electrons. The molecule has 0 radical (unpaired) electrons. The summed E-state index contributed by atoms with van der Waals surface area (Å²) in [5, 5.41) is 0. The lowest BCUT2D eigenvalue weighted by atomic mass is 10.1. The van der Waals surface area contributed by atoms with Crippen LogP contribution in [-0.2, 0) is 23.3 Å². The van der Waals surface area contributed by atoms with Crippen LogP contribution in [0.25, 0.3) is 0 Å². The Morgan fingerprint density at radius 1 is 1.33 bits per heavy atom. The molecule has 1 aromatic rings. The molecule has 3 N–H and O–H groups in total. The maximum Gasteiger partial charge on any atom is 0.280 e. The van der Waals surface area contributed by atoms with Crippen molar-refractivity contribution in [2.45, 2.75) is 26.9 Å². The van der Waals surface area contributed by atoms with E-state index in [-0.39, 0.29) is 0 Å². The summed E-state index contributed by atoms with van der Waals surface area (Å²) in [5.74, 6) is 0.292. The molecule has 0 bridgehead atoms. The van der Waals surface area contributed by atoms with Gasteiger partial charge in [-0.3, -0.25) is 0 Å². The Hall–Kier alpha value is -1.11. The number of hydrogen-bond donors (Lipinski definition) is 2. The molecule has 1 aliphatic rings. The molecule has 0 amide bonds. The van der Waals surface area contributed by atoms with Gasteiger partial charge in [-0.15, -0.1) is 0 Å². The zero-order chi connectivity index (χ0) is 13.3. The highest BCUT2D eigenvalue weighted by atomic mass is 32.2. The average Bonchev–Trinajstić information content (AvgIpc) is 2.70. The molecular weight excluding hydrogens is 250 g/mol. The minimum atomic E-state index is -3.39. The quantitative estimate of drug-likeness (QED) is 0.803. The molecule has 0 saturated carbocycles. The van der Waals surface area contributed by atoms with Crippen molar-refractivity contribution in [1.82, 2.24) is 9.03 Å². The molecule has 1 aromatic carbocycles. The fourth-order valence-electron chi connectivity index (χ4n) is 1.92. The number of nitrogens with two attached hydrogens (primary N) is 1. The summed E-state index contributed by atoms with van der Waals surface area (Å²) in [7, 11) is -3.39. The van der Waals surface area contributed by atoms with Crippen molar-refractivity contribution >= 4 is 15.9 Å². The van der Waals surface area contributed by atoms with E-state index in [2.05, 4.69) is 4.72 Å². The summed E-state index contributed by atoms with van der Waals surface area (Å²) < 4.78 is 28.2. The number of rotatable bonds is 4. The van der Waals surface area contributed by atoms with E-state index in [1.165, 1.54) is 4.31 Å². The molecule has 0 atom stereocenters. The van der Waals surface area contributed by atoms with Gasteiger partial charge in [0.05, 0.1) is 0 Å². The largest absolute Gasteiger partial charge is 0.399 e. The van der Waals surface area contributed by atoms with Crippen LogP contribution in [0.15, 0.2) is 18.2 Å². The predicted molar refractivity (Wildman–Crippen MR) is 71.9 cm³/mol. The summed E-state index contributed by atoms with van der Waals surface area (Å²) in [4.78, 5) is 0. The Balaban J connectivity index is 2.10. The Labute approximate surface area is 108 Å². The van der Waals surface area contributed by atoms with Gasteiger partial charge in [-0.25, -0.2) is 4.72 Å². The van der Waals surface area contributed by atoms with Gasteiger partial charge in [-0.05, 0) is 29.2 Å². The van der Waals surface area contributed by atoms with Gasteiger partial charge in [0.25, 0.3) is 10.2 Å². The van der Waals surface area contributed by atoms with Gasteiger partial charge in [0.2, 0.25) is 0 Å². The molecule has 5 nitrogen and oxygen atoms in total. The number of nitrogens with zero attached hydrogens (tertiary/aromatic N) is 1. The van der Waals surface area contributed by atoms with Crippen molar-refractivity contribution in [2.75, 3.05) is 12.3 Å². The van der Waals surface area contributed by atoms with Crippen LogP contribution in [0.4, 0.5) is 5.69 Å². The molecule has 18 heavy (non-hydrogen) atoms. The number of hydrogen-bond acceptors (Lipinski definition) is 3. The molecule has 1 aliphatic heterocycles. The second kappa shape index (κ2) is 4.87. The summed E-state index contributed by atoms with van der Waals surface area (Å²) >= 11 is 0. The normalized spacial score (nSPS) is 16.2. The van der Waals surface area contributed by atoms with E-state index in [9.17, 15) is 8.42 Å². The maximum absolute atomic E-state index is 12.1. The zero-order valence-corrected chi connectivity index (χ0v) is 11.5. The van der Waals surface area contributed by atoms with Gasteiger partial charge in [0.1, 0.15) is 0 Å². The number of nitrogen functional groups attached to an aromatic ring is 1. The molecular formula is C12H19N3O2S. The first-order valence-electron chi connectivity index (χ1n) is 6.00. The SMILES string of the molecule is CC(C)CNS(=O)(=O)N1Cc2ccc(N)cc2C1. The van der Waals surface area contributed by atoms with Gasteiger partial charge < -0.3 is 5.73 Å². The number of nitrogens with one attached hydrogen (secondary N) is 1. The molecule has 1 heterocycles. The second-order valence-electron chi connectivity index (χ2n) is 5.04. The van der Waals surface area contributed by atoms with Crippen molar-refractivity contribution < 1.29 is 8.42 Å². The van der Waals surface area contributed by atoms with Crippen LogP contribution in [0.5, 0.6) is 0 Å². The average molecular weight is 269 g/mol. The lowest BCUT2D eigenvalue weighted by Gasteiger charge is -2.17. The topological polar surface area (TPSA) is 75.4 Å². The fraction of sp³-hybridized carbons (Fsp3) is 0.500. The van der Waals surface area contributed by atoms with Crippen molar-refractivity contribution in [1.29, 1.82) is 0 Å². The van der Waals surface area contributed by atoms with E-state index >= 15 is 0 Å². The van der Waals surface area contributed by atoms with Gasteiger partial charge in [-0.1, -0.05) is 19.9 Å². The van der Waals surface area contributed by atoms with Crippen molar-refractivity contribution in [2.24, 2.45) is 5.92 Å². The first-order valence-corrected chi connectivity index (χ1v) is 7.44. The standard InChI is InChI=1S/C12H19N3O2S/c1-9(2)6-14-18(16,17)15-7-10-3-4-12(13)5-11(10)8-15/h3-5,9,14H,6-8,13H2,1-2H3. The van der Waals surface area contributed by atoms with Crippen LogP contribution in [0, 0.1) is 5.92 Å². The van der Waals surface area contributed by atoms with Crippen LogP contribution >= 0.6 is 0 Å². The first-order chi connectivity index (χ1) is 8.38. The van der Waals surface area contributed by atoms with Crippen LogP contribution in [0.2, 0.25) is 0 Å². The molecule has 0 unspecified atom stereocenters. The third-order valence-corrected chi connectivity index (χ3v) is 4.41. The van der Waals surface area contributed by atoms with E-state index in [1.54, 1.807) is 6.07 Å². The van der Waals surface area contributed by atoms with E-state index in [4.69, 9.17) is 5.73 Å². The van der Waals surface area contributed by atoms with Crippen LogP contribution in [0.3, 0.4) is 0 Å². The Bertz CT molecular complexity index is 540. The smallest absolute Gasteiger partial charge is 0.280 e. The Morgan fingerprint density at radius 3 is 2.67 bits per heavy atom. The first kappa shape index (κ1) is 13.3. The Morgan fingerprint density at radius 2 is 2.00 bits per heavy atom. The molecule has 6 heteroatoms. The highest BCUT2D eigenvalue weighted by Crippen LogP contribution is 2.26. The molecule has 0 aromatic heterocycles. The van der Waals surface area contributed by atoms with Crippen LogP contribution < -0.4 is 10.5 Å². The van der Waals surface area contributed by atoms with Crippen molar-refractivity contribution in [3.8, 4) is 0 Å². The van der Waals surface area contributed by atoms with Crippen LogP contribution in [-0.4, -0.2) is 19.3 Å². The predicted octanol–water partition coefficient (Wildman–Crippen LogP) is 1.07. The third kappa shape index (κ3) is 2.82. The number of anilines is 1. The summed E-state index contributed by atoms with van der Waals surface area (Å²) in [6.07, 6.45) is 0.